The fourth-order valence-electron chi connectivity index (χ4n) is 5.36. The molecule has 6 rings (SSSR count). The van der Waals surface area contributed by atoms with Crippen molar-refractivity contribution in [3.8, 4) is 11.3 Å². The number of likely N-dealkylation sites (N-methyl/N-ethyl adjacent to an activating group) is 1. The maximum absolute atomic E-state index is 13.7. The van der Waals surface area contributed by atoms with Crippen molar-refractivity contribution in [1.29, 1.82) is 0 Å². The van der Waals surface area contributed by atoms with Gasteiger partial charge in [0.05, 0.1) is 22.3 Å². The molecule has 182 valence electrons. The Hall–Kier alpha value is -3.47. The predicted molar refractivity (Wildman–Crippen MR) is 124 cm³/mol. The number of rotatable bonds is 2. The molecule has 1 aliphatic heterocycles. The number of pyridine rings is 1. The summed E-state index contributed by atoms with van der Waals surface area (Å²) in [5, 5.41) is 14.7. The summed E-state index contributed by atoms with van der Waals surface area (Å²) in [6.07, 6.45) is -0.229. The highest BCUT2D eigenvalue weighted by atomic mass is 19.4. The third-order valence-electron chi connectivity index (χ3n) is 7.15. The minimum absolute atomic E-state index is 0.0430. The van der Waals surface area contributed by atoms with Gasteiger partial charge in [-0.1, -0.05) is 0 Å². The number of halogens is 3. The van der Waals surface area contributed by atoms with Gasteiger partial charge in [0.25, 0.3) is 5.91 Å². The molecule has 0 saturated carbocycles. The molecule has 0 radical (unpaired) electrons. The van der Waals surface area contributed by atoms with E-state index in [1.54, 1.807) is 12.1 Å². The average Bonchev–Trinajstić information content (AvgIpc) is 3.51. The summed E-state index contributed by atoms with van der Waals surface area (Å²) in [6.45, 7) is 2.83. The number of nitrogens with one attached hydrogen (secondary N) is 2. The number of fused-ring (bicyclic) bond motifs is 5. The zero-order valence-electron chi connectivity index (χ0n) is 19.2. The number of amides is 1. The smallest absolute Gasteiger partial charge is 0.335 e. The van der Waals surface area contributed by atoms with Gasteiger partial charge in [-0.2, -0.15) is 23.4 Å². The van der Waals surface area contributed by atoms with E-state index in [1.165, 1.54) is 6.20 Å². The van der Waals surface area contributed by atoms with Crippen molar-refractivity contribution in [2.45, 2.75) is 31.9 Å². The Bertz CT molecular complexity index is 1450. The lowest BCUT2D eigenvalue weighted by Gasteiger charge is -2.32. The summed E-state index contributed by atoms with van der Waals surface area (Å²) in [6, 6.07) is 3.57. The van der Waals surface area contributed by atoms with Crippen LogP contribution in [0.3, 0.4) is 0 Å². The zero-order valence-corrected chi connectivity index (χ0v) is 19.2. The highest BCUT2D eigenvalue weighted by Gasteiger charge is 2.38. The van der Waals surface area contributed by atoms with Crippen molar-refractivity contribution in [1.82, 2.24) is 35.2 Å². The molecule has 0 atom stereocenters. The first-order valence-corrected chi connectivity index (χ1v) is 11.7. The summed E-state index contributed by atoms with van der Waals surface area (Å²) in [7, 11) is 2.03. The standard InChI is InChI=1S/C24H24F3N7O/c1-33-8-10-34(11-9-33)23(35)21-19-17(30-31-21)7-6-16-18(19)13-4-2-3-5-14(13)20(29-16)15-12-28-32-22(15)24(25,26)27/h6-7,12H,2-5,8-11H2,1H3,(H,28,32)(H,30,31). The molecule has 1 amide bonds. The number of aromatic nitrogens is 5. The van der Waals surface area contributed by atoms with Gasteiger partial charge in [-0.15, -0.1) is 0 Å². The second kappa shape index (κ2) is 8.04. The van der Waals surface area contributed by atoms with Gasteiger partial charge in [0, 0.05) is 43.1 Å². The second-order valence-electron chi connectivity index (χ2n) is 9.32. The van der Waals surface area contributed by atoms with E-state index < -0.39 is 11.9 Å². The summed E-state index contributed by atoms with van der Waals surface area (Å²) in [5.74, 6) is -0.139. The topological polar surface area (TPSA) is 93.8 Å². The maximum atomic E-state index is 13.7. The number of aryl methyl sites for hydroxylation is 1. The highest BCUT2D eigenvalue weighted by molar-refractivity contribution is 6.17. The Morgan fingerprint density at radius 1 is 1.00 bits per heavy atom. The molecule has 0 bridgehead atoms. The third-order valence-corrected chi connectivity index (χ3v) is 7.15. The number of nitrogens with zero attached hydrogens (tertiary/aromatic N) is 5. The molecule has 2 N–H and O–H groups in total. The number of hydrogen-bond acceptors (Lipinski definition) is 5. The minimum atomic E-state index is -4.59. The van der Waals surface area contributed by atoms with E-state index in [9.17, 15) is 18.0 Å². The normalized spacial score (nSPS) is 17.3. The molecule has 35 heavy (non-hydrogen) atoms. The SMILES string of the molecule is CN1CCN(C(=O)c2n[nH]c3ccc4nc(-c5c[nH]nc5C(F)(F)F)c5c(c4c23)CCCC5)CC1. The van der Waals surface area contributed by atoms with Gasteiger partial charge in [-0.25, -0.2) is 4.98 Å². The largest absolute Gasteiger partial charge is 0.435 e. The molecular weight excluding hydrogens is 459 g/mol. The summed E-state index contributed by atoms with van der Waals surface area (Å²) in [4.78, 5) is 22.2. The average molecular weight is 483 g/mol. The van der Waals surface area contributed by atoms with Crippen molar-refractivity contribution in [3.63, 3.8) is 0 Å². The van der Waals surface area contributed by atoms with E-state index >= 15 is 0 Å². The first-order valence-electron chi connectivity index (χ1n) is 11.7. The van der Waals surface area contributed by atoms with Crippen molar-refractivity contribution in [3.05, 3.63) is 40.8 Å². The summed E-state index contributed by atoms with van der Waals surface area (Å²) >= 11 is 0. The van der Waals surface area contributed by atoms with Crippen LogP contribution in [0.4, 0.5) is 13.2 Å². The molecule has 1 aliphatic carbocycles. The van der Waals surface area contributed by atoms with E-state index in [2.05, 4.69) is 25.3 Å². The molecule has 4 heterocycles. The van der Waals surface area contributed by atoms with Crippen molar-refractivity contribution < 1.29 is 18.0 Å². The lowest BCUT2D eigenvalue weighted by atomic mass is 9.85. The summed E-state index contributed by atoms with van der Waals surface area (Å²) in [5.41, 5.74) is 2.66. The number of carbonyl (C=O) groups excluding carboxylic acids is 1. The Labute approximate surface area is 198 Å². The lowest BCUT2D eigenvalue weighted by Crippen LogP contribution is -2.47. The molecule has 11 heteroatoms. The van der Waals surface area contributed by atoms with Crippen LogP contribution in [0.5, 0.6) is 0 Å². The highest BCUT2D eigenvalue weighted by Crippen LogP contribution is 2.42. The van der Waals surface area contributed by atoms with Crippen LogP contribution in [-0.4, -0.2) is 74.3 Å². The molecule has 1 fully saturated rings. The number of alkyl halides is 3. The quantitative estimate of drug-likeness (QED) is 0.453. The number of piperazine rings is 1. The monoisotopic (exact) mass is 483 g/mol. The Balaban J connectivity index is 1.57. The summed E-state index contributed by atoms with van der Waals surface area (Å²) < 4.78 is 41.0. The third kappa shape index (κ3) is 3.56. The predicted octanol–water partition coefficient (Wildman–Crippen LogP) is 3.79. The van der Waals surface area contributed by atoms with Crippen LogP contribution >= 0.6 is 0 Å². The number of hydrogen-bond donors (Lipinski definition) is 2. The fraction of sp³-hybridized carbons (Fsp3) is 0.417. The molecule has 3 aromatic heterocycles. The fourth-order valence-corrected chi connectivity index (χ4v) is 5.36. The van der Waals surface area contributed by atoms with Gasteiger partial charge in [0.15, 0.2) is 11.4 Å². The van der Waals surface area contributed by atoms with Gasteiger partial charge in [-0.05, 0) is 56.0 Å². The van der Waals surface area contributed by atoms with E-state index in [1.807, 2.05) is 11.9 Å². The van der Waals surface area contributed by atoms with Crippen LogP contribution < -0.4 is 0 Å². The lowest BCUT2D eigenvalue weighted by molar-refractivity contribution is -0.140. The Morgan fingerprint density at radius 3 is 2.49 bits per heavy atom. The molecule has 4 aromatic rings. The zero-order chi connectivity index (χ0) is 24.3. The van der Waals surface area contributed by atoms with Crippen LogP contribution in [0.25, 0.3) is 33.1 Å². The van der Waals surface area contributed by atoms with E-state index in [0.29, 0.717) is 48.2 Å². The van der Waals surface area contributed by atoms with E-state index in [0.717, 1.165) is 48.0 Å². The molecule has 8 nitrogen and oxygen atoms in total. The van der Waals surface area contributed by atoms with Crippen LogP contribution in [0.15, 0.2) is 18.3 Å². The van der Waals surface area contributed by atoms with Crippen molar-refractivity contribution in [2.24, 2.45) is 0 Å². The molecule has 1 saturated heterocycles. The second-order valence-corrected chi connectivity index (χ2v) is 9.32. The molecule has 0 unspecified atom stereocenters. The van der Waals surface area contributed by atoms with Crippen LogP contribution in [0.1, 0.15) is 40.2 Å². The van der Waals surface area contributed by atoms with Gasteiger partial charge in [0.2, 0.25) is 0 Å². The Kier molecular flexibility index (Phi) is 5.06. The maximum Gasteiger partial charge on any atom is 0.435 e. The number of carbonyl (C=O) groups is 1. The van der Waals surface area contributed by atoms with Crippen molar-refractivity contribution in [2.75, 3.05) is 33.2 Å². The van der Waals surface area contributed by atoms with Crippen LogP contribution in [0.2, 0.25) is 0 Å². The van der Waals surface area contributed by atoms with Crippen LogP contribution in [-0.2, 0) is 19.0 Å². The Morgan fingerprint density at radius 2 is 1.74 bits per heavy atom. The molecule has 1 aromatic carbocycles. The van der Waals surface area contributed by atoms with Gasteiger partial charge < -0.3 is 9.80 Å². The molecule has 2 aliphatic rings. The number of aromatic amines is 2. The van der Waals surface area contributed by atoms with E-state index in [4.69, 9.17) is 4.98 Å². The first-order chi connectivity index (χ1) is 16.8. The number of benzene rings is 1. The van der Waals surface area contributed by atoms with Crippen LogP contribution in [0, 0.1) is 0 Å². The number of H-pyrrole nitrogens is 2. The molecule has 0 spiro atoms. The first kappa shape index (κ1) is 22.0. The van der Waals surface area contributed by atoms with Gasteiger partial charge in [-0.3, -0.25) is 15.0 Å². The van der Waals surface area contributed by atoms with Gasteiger partial charge >= 0.3 is 6.18 Å². The van der Waals surface area contributed by atoms with Gasteiger partial charge in [0.1, 0.15) is 0 Å². The van der Waals surface area contributed by atoms with Crippen molar-refractivity contribution >= 4 is 27.7 Å². The molecular formula is C24H24F3N7O. The van der Waals surface area contributed by atoms with E-state index in [-0.39, 0.29) is 11.5 Å². The minimum Gasteiger partial charge on any atom is -0.335 e.